The fraction of sp³-hybridized carbons (Fsp3) is 0.139. The van der Waals surface area contributed by atoms with Crippen LogP contribution in [0.3, 0.4) is 0 Å². The summed E-state index contributed by atoms with van der Waals surface area (Å²) in [4.78, 5) is 17.4. The molecular weight excluding hydrogens is 592 g/mol. The molecule has 1 heterocycles. The minimum atomic E-state index is -0.272. The maximum absolute atomic E-state index is 13.2. The van der Waals surface area contributed by atoms with E-state index in [1.54, 1.807) is 24.3 Å². The van der Waals surface area contributed by atoms with Crippen LogP contribution in [0.4, 0.5) is 4.39 Å². The largest absolute Gasteiger partial charge is 0.454 e. The SMILES string of the molecule is O=C(NSc1ccc(CN(CCSc2ccccc2)Cc2ccc3c(c2)OCO3)cc1)c1ccc(-c2ccc(F)cc2)cc1. The normalized spacial score (nSPS) is 12.0. The molecule has 8 heteroatoms. The van der Waals surface area contributed by atoms with Crippen LogP contribution in [0, 0.1) is 5.82 Å². The van der Waals surface area contributed by atoms with E-state index in [0.29, 0.717) is 5.56 Å². The van der Waals surface area contributed by atoms with Gasteiger partial charge in [0.15, 0.2) is 11.5 Å². The summed E-state index contributed by atoms with van der Waals surface area (Å²) in [7, 11) is 0. The van der Waals surface area contributed by atoms with Gasteiger partial charge in [-0.15, -0.1) is 11.8 Å². The molecule has 5 aromatic rings. The van der Waals surface area contributed by atoms with Crippen molar-refractivity contribution in [1.82, 2.24) is 9.62 Å². The predicted octanol–water partition coefficient (Wildman–Crippen LogP) is 8.45. The van der Waals surface area contributed by atoms with Gasteiger partial charge in [-0.05, 0) is 94.9 Å². The van der Waals surface area contributed by atoms with E-state index >= 15 is 0 Å². The second-order valence-corrected chi connectivity index (χ2v) is 12.4. The van der Waals surface area contributed by atoms with Crippen LogP contribution in [0.25, 0.3) is 11.1 Å². The first-order chi connectivity index (χ1) is 21.6. The standard InChI is InChI=1S/C36H31FN2O3S2/c37-31-15-13-29(14-16-31)28-9-11-30(12-10-28)36(40)38-44-33-17-6-26(7-18-33)23-39(20-21-43-32-4-2-1-3-5-32)24-27-8-19-34-35(22-27)42-25-41-34/h1-19,22H,20-21,23-25H2,(H,38,40). The van der Waals surface area contributed by atoms with Gasteiger partial charge in [0.1, 0.15) is 5.82 Å². The predicted molar refractivity (Wildman–Crippen MR) is 175 cm³/mol. The van der Waals surface area contributed by atoms with Crippen LogP contribution >= 0.6 is 23.7 Å². The quantitative estimate of drug-likeness (QED) is 0.111. The first-order valence-electron chi connectivity index (χ1n) is 14.3. The number of halogens is 1. The van der Waals surface area contributed by atoms with Gasteiger partial charge in [0.25, 0.3) is 5.91 Å². The fourth-order valence-electron chi connectivity index (χ4n) is 4.86. The maximum Gasteiger partial charge on any atom is 0.261 e. The first-order valence-corrected chi connectivity index (χ1v) is 16.1. The van der Waals surface area contributed by atoms with Crippen LogP contribution in [0.2, 0.25) is 0 Å². The topological polar surface area (TPSA) is 50.8 Å². The molecule has 44 heavy (non-hydrogen) atoms. The zero-order valence-electron chi connectivity index (χ0n) is 23.9. The summed E-state index contributed by atoms with van der Waals surface area (Å²) in [6, 6.07) is 38.5. The van der Waals surface area contributed by atoms with Gasteiger partial charge in [-0.1, -0.05) is 60.7 Å². The third-order valence-electron chi connectivity index (χ3n) is 7.18. The highest BCUT2D eigenvalue weighted by molar-refractivity contribution is 7.99. The number of nitrogens with zero attached hydrogens (tertiary/aromatic N) is 1. The smallest absolute Gasteiger partial charge is 0.261 e. The maximum atomic E-state index is 13.2. The average molecular weight is 623 g/mol. The molecule has 0 spiro atoms. The van der Waals surface area contributed by atoms with Crippen molar-refractivity contribution < 1.29 is 18.7 Å². The number of carbonyl (C=O) groups excluding carboxylic acids is 1. The lowest BCUT2D eigenvalue weighted by molar-refractivity contribution is 0.0984. The van der Waals surface area contributed by atoms with Crippen LogP contribution in [-0.2, 0) is 13.1 Å². The Morgan fingerprint density at radius 1 is 0.727 bits per heavy atom. The van der Waals surface area contributed by atoms with Crippen molar-refractivity contribution in [3.63, 3.8) is 0 Å². The Bertz CT molecular complexity index is 1680. The molecule has 0 aliphatic carbocycles. The zero-order chi connectivity index (χ0) is 30.1. The molecule has 1 aliphatic rings. The van der Waals surface area contributed by atoms with Gasteiger partial charge in [0.05, 0.1) is 0 Å². The average Bonchev–Trinajstić information content (AvgIpc) is 3.53. The third-order valence-corrected chi connectivity index (χ3v) is 8.97. The van der Waals surface area contributed by atoms with E-state index in [2.05, 4.69) is 58.2 Å². The third kappa shape index (κ3) is 8.02. The van der Waals surface area contributed by atoms with E-state index in [9.17, 15) is 9.18 Å². The molecule has 0 fully saturated rings. The van der Waals surface area contributed by atoms with Crippen LogP contribution in [0.1, 0.15) is 21.5 Å². The number of amides is 1. The molecule has 222 valence electrons. The van der Waals surface area contributed by atoms with Gasteiger partial charge < -0.3 is 9.47 Å². The number of hydrogen-bond acceptors (Lipinski definition) is 6. The lowest BCUT2D eigenvalue weighted by Gasteiger charge is -2.23. The molecule has 0 saturated heterocycles. The van der Waals surface area contributed by atoms with Crippen molar-refractivity contribution in [2.75, 3.05) is 19.1 Å². The molecule has 0 atom stereocenters. The van der Waals surface area contributed by atoms with Gasteiger partial charge in [-0.25, -0.2) is 4.39 Å². The van der Waals surface area contributed by atoms with Gasteiger partial charge >= 0.3 is 0 Å². The van der Waals surface area contributed by atoms with E-state index in [1.165, 1.54) is 40.1 Å². The van der Waals surface area contributed by atoms with Gasteiger partial charge in [0.2, 0.25) is 6.79 Å². The Morgan fingerprint density at radius 3 is 2.14 bits per heavy atom. The van der Waals surface area contributed by atoms with Crippen LogP contribution in [-0.4, -0.2) is 29.9 Å². The molecule has 1 N–H and O–H groups in total. The molecule has 0 bridgehead atoms. The van der Waals surface area contributed by atoms with Crippen molar-refractivity contribution in [1.29, 1.82) is 0 Å². The second kappa shape index (κ2) is 14.5. The summed E-state index contributed by atoms with van der Waals surface area (Å²) < 4.78 is 27.2. The highest BCUT2D eigenvalue weighted by atomic mass is 32.2. The lowest BCUT2D eigenvalue weighted by Crippen LogP contribution is -2.25. The van der Waals surface area contributed by atoms with Crippen molar-refractivity contribution in [2.45, 2.75) is 22.9 Å². The summed E-state index contributed by atoms with van der Waals surface area (Å²) in [6.07, 6.45) is 0. The first kappa shape index (κ1) is 29.8. The molecule has 1 aliphatic heterocycles. The molecule has 5 nitrogen and oxygen atoms in total. The number of thioether (sulfide) groups is 1. The lowest BCUT2D eigenvalue weighted by atomic mass is 10.0. The molecule has 0 unspecified atom stereocenters. The molecule has 6 rings (SSSR count). The Hall–Kier alpha value is -4.24. The summed E-state index contributed by atoms with van der Waals surface area (Å²) in [5, 5.41) is 0. The van der Waals surface area contributed by atoms with E-state index in [4.69, 9.17) is 9.47 Å². The highest BCUT2D eigenvalue weighted by Gasteiger charge is 2.15. The van der Waals surface area contributed by atoms with Gasteiger partial charge in [-0.2, -0.15) is 0 Å². The minimum absolute atomic E-state index is 0.171. The minimum Gasteiger partial charge on any atom is -0.454 e. The molecule has 0 radical (unpaired) electrons. The van der Waals surface area contributed by atoms with Gasteiger partial charge in [0, 0.05) is 40.7 Å². The van der Waals surface area contributed by atoms with Crippen molar-refractivity contribution in [3.05, 3.63) is 144 Å². The number of nitrogens with one attached hydrogen (secondary N) is 1. The monoisotopic (exact) mass is 622 g/mol. The summed E-state index contributed by atoms with van der Waals surface area (Å²) in [6.45, 7) is 2.77. The summed E-state index contributed by atoms with van der Waals surface area (Å²) in [5.74, 6) is 2.12. The number of hydrogen-bond donors (Lipinski definition) is 1. The zero-order valence-corrected chi connectivity index (χ0v) is 25.6. The van der Waals surface area contributed by atoms with Crippen molar-refractivity contribution in [2.24, 2.45) is 0 Å². The number of carbonyl (C=O) groups is 1. The number of rotatable bonds is 12. The molecule has 1 amide bonds. The molecule has 0 aromatic heterocycles. The van der Waals surface area contributed by atoms with Gasteiger partial charge in [-0.3, -0.25) is 14.4 Å². The van der Waals surface area contributed by atoms with E-state index in [0.717, 1.165) is 52.9 Å². The summed E-state index contributed by atoms with van der Waals surface area (Å²) >= 11 is 3.15. The summed E-state index contributed by atoms with van der Waals surface area (Å²) in [5.41, 5.74) is 4.77. The van der Waals surface area contributed by atoms with E-state index < -0.39 is 0 Å². The van der Waals surface area contributed by atoms with Crippen LogP contribution < -0.4 is 14.2 Å². The van der Waals surface area contributed by atoms with Crippen molar-refractivity contribution >= 4 is 29.6 Å². The fourth-order valence-corrected chi connectivity index (χ4v) is 6.40. The Morgan fingerprint density at radius 2 is 1.39 bits per heavy atom. The Labute approximate surface area is 265 Å². The Balaban J connectivity index is 1.05. The van der Waals surface area contributed by atoms with Crippen LogP contribution in [0.15, 0.2) is 131 Å². The number of benzene rings is 5. The Kier molecular flexibility index (Phi) is 9.82. The number of ether oxygens (including phenoxy) is 2. The number of fused-ring (bicyclic) bond motifs is 1. The molecule has 5 aromatic carbocycles. The van der Waals surface area contributed by atoms with Crippen LogP contribution in [0.5, 0.6) is 11.5 Å². The molecular formula is C36H31FN2O3S2. The van der Waals surface area contributed by atoms with Crippen molar-refractivity contribution in [3.8, 4) is 22.6 Å². The highest BCUT2D eigenvalue weighted by Crippen LogP contribution is 2.33. The molecule has 0 saturated carbocycles. The van der Waals surface area contributed by atoms with E-state index in [-0.39, 0.29) is 18.5 Å². The second-order valence-electron chi connectivity index (χ2n) is 10.3. The van der Waals surface area contributed by atoms with E-state index in [1.807, 2.05) is 48.2 Å².